The van der Waals surface area contributed by atoms with Gasteiger partial charge in [-0.25, -0.2) is 0 Å². The van der Waals surface area contributed by atoms with E-state index in [-0.39, 0.29) is 17.7 Å². The lowest BCUT2D eigenvalue weighted by molar-refractivity contribution is -0.141. The Bertz CT molecular complexity index is 373. The molecule has 0 saturated heterocycles. The smallest absolute Gasteiger partial charge is 0.303 e. The molecular formula is C15H23NO3. The zero-order valence-electron chi connectivity index (χ0n) is 11.6. The van der Waals surface area contributed by atoms with Crippen molar-refractivity contribution in [3.8, 4) is 11.8 Å². The van der Waals surface area contributed by atoms with Crippen molar-refractivity contribution in [2.24, 2.45) is 5.41 Å². The number of amides is 1. The van der Waals surface area contributed by atoms with Gasteiger partial charge in [-0.1, -0.05) is 19.3 Å². The molecule has 0 bridgehead atoms. The molecule has 1 amide bonds. The van der Waals surface area contributed by atoms with E-state index < -0.39 is 5.97 Å². The van der Waals surface area contributed by atoms with Gasteiger partial charge in [0.15, 0.2) is 0 Å². The van der Waals surface area contributed by atoms with Gasteiger partial charge in [-0.15, -0.1) is 11.8 Å². The van der Waals surface area contributed by atoms with Gasteiger partial charge < -0.3 is 10.4 Å². The molecule has 1 aliphatic rings. The highest BCUT2D eigenvalue weighted by Gasteiger charge is 2.36. The number of hydrogen-bond donors (Lipinski definition) is 2. The minimum absolute atomic E-state index is 0.0407. The highest BCUT2D eigenvalue weighted by Crippen LogP contribution is 2.42. The average Bonchev–Trinajstić information content (AvgIpc) is 2.34. The lowest BCUT2D eigenvalue weighted by atomic mass is 9.69. The van der Waals surface area contributed by atoms with Crippen LogP contribution >= 0.6 is 0 Å². The molecule has 106 valence electrons. The monoisotopic (exact) mass is 265 g/mol. The molecule has 0 radical (unpaired) electrons. The molecule has 0 heterocycles. The van der Waals surface area contributed by atoms with Crippen molar-refractivity contribution < 1.29 is 14.7 Å². The Balaban J connectivity index is 2.48. The zero-order chi connectivity index (χ0) is 14.1. The van der Waals surface area contributed by atoms with Crippen LogP contribution in [0, 0.1) is 17.3 Å². The predicted molar refractivity (Wildman–Crippen MR) is 73.5 cm³/mol. The summed E-state index contributed by atoms with van der Waals surface area (Å²) in [5, 5.41) is 11.9. The quantitative estimate of drug-likeness (QED) is 0.572. The molecule has 2 N–H and O–H groups in total. The second-order valence-corrected chi connectivity index (χ2v) is 5.33. The van der Waals surface area contributed by atoms with Crippen LogP contribution in [0.1, 0.15) is 58.3 Å². The minimum atomic E-state index is -0.799. The van der Waals surface area contributed by atoms with Crippen LogP contribution in [0.25, 0.3) is 0 Å². The first-order valence-electron chi connectivity index (χ1n) is 6.96. The van der Waals surface area contributed by atoms with Crippen molar-refractivity contribution in [2.75, 3.05) is 6.54 Å². The third-order valence-corrected chi connectivity index (χ3v) is 3.72. The molecule has 4 heteroatoms. The second-order valence-electron chi connectivity index (χ2n) is 5.33. The first-order valence-corrected chi connectivity index (χ1v) is 6.96. The van der Waals surface area contributed by atoms with E-state index in [1.807, 2.05) is 0 Å². The van der Waals surface area contributed by atoms with Gasteiger partial charge in [-0.3, -0.25) is 9.59 Å². The summed E-state index contributed by atoms with van der Waals surface area (Å²) in [6.45, 7) is 2.31. The average molecular weight is 265 g/mol. The summed E-state index contributed by atoms with van der Waals surface area (Å²) in [7, 11) is 0. The first kappa shape index (κ1) is 15.6. The molecule has 0 atom stereocenters. The Kier molecular flexibility index (Phi) is 6.41. The normalized spacial score (nSPS) is 17.1. The summed E-state index contributed by atoms with van der Waals surface area (Å²) in [5.74, 6) is 4.83. The highest BCUT2D eigenvalue weighted by atomic mass is 16.4. The van der Waals surface area contributed by atoms with Crippen LogP contribution in [0.5, 0.6) is 0 Å². The summed E-state index contributed by atoms with van der Waals surface area (Å²) in [5.41, 5.74) is -0.329. The zero-order valence-corrected chi connectivity index (χ0v) is 11.6. The largest absolute Gasteiger partial charge is 0.481 e. The molecule has 1 aliphatic carbocycles. The molecule has 0 aliphatic heterocycles. The molecule has 0 spiro atoms. The van der Waals surface area contributed by atoms with Crippen LogP contribution in [0.15, 0.2) is 0 Å². The third kappa shape index (κ3) is 5.78. The Morgan fingerprint density at radius 2 is 1.89 bits per heavy atom. The number of carbonyl (C=O) groups is 2. The minimum Gasteiger partial charge on any atom is -0.481 e. The fraction of sp³-hybridized carbons (Fsp3) is 0.733. The fourth-order valence-corrected chi connectivity index (χ4v) is 2.83. The van der Waals surface area contributed by atoms with Crippen molar-refractivity contribution >= 4 is 11.9 Å². The van der Waals surface area contributed by atoms with E-state index in [2.05, 4.69) is 17.2 Å². The number of hydrogen-bond acceptors (Lipinski definition) is 2. The molecule has 0 aromatic heterocycles. The van der Waals surface area contributed by atoms with E-state index in [9.17, 15) is 9.59 Å². The molecule has 0 aromatic carbocycles. The molecular weight excluding hydrogens is 242 g/mol. The molecule has 4 nitrogen and oxygen atoms in total. The van der Waals surface area contributed by atoms with E-state index in [1.54, 1.807) is 6.92 Å². The van der Waals surface area contributed by atoms with Crippen LogP contribution in [-0.4, -0.2) is 23.5 Å². The summed E-state index contributed by atoms with van der Waals surface area (Å²) in [6, 6.07) is 0. The Labute approximate surface area is 115 Å². The number of carboxylic acid groups (broad SMARTS) is 1. The number of carbonyl (C=O) groups excluding carboxylic acids is 1. The van der Waals surface area contributed by atoms with E-state index in [0.29, 0.717) is 19.4 Å². The van der Waals surface area contributed by atoms with Gasteiger partial charge in [0.2, 0.25) is 5.91 Å². The number of nitrogens with one attached hydrogen (secondary N) is 1. The Hall–Kier alpha value is -1.50. The fourth-order valence-electron chi connectivity index (χ4n) is 2.83. The molecule has 1 saturated carbocycles. The van der Waals surface area contributed by atoms with Gasteiger partial charge in [0, 0.05) is 19.4 Å². The van der Waals surface area contributed by atoms with Crippen molar-refractivity contribution in [1.29, 1.82) is 0 Å². The van der Waals surface area contributed by atoms with Crippen molar-refractivity contribution in [3.05, 3.63) is 0 Å². The molecule has 19 heavy (non-hydrogen) atoms. The SMILES string of the molecule is CC#CCCNC(=O)CC1(CC(=O)O)CCCCC1. The van der Waals surface area contributed by atoms with Gasteiger partial charge in [0.05, 0.1) is 6.42 Å². The van der Waals surface area contributed by atoms with Gasteiger partial charge in [-0.05, 0) is 25.2 Å². The van der Waals surface area contributed by atoms with Crippen LogP contribution in [0.3, 0.4) is 0 Å². The van der Waals surface area contributed by atoms with E-state index in [1.165, 1.54) is 0 Å². The van der Waals surface area contributed by atoms with Crippen molar-refractivity contribution in [2.45, 2.75) is 58.3 Å². The number of carboxylic acids is 1. The molecule has 1 fully saturated rings. The van der Waals surface area contributed by atoms with E-state index in [4.69, 9.17) is 5.11 Å². The Morgan fingerprint density at radius 3 is 2.47 bits per heavy atom. The topological polar surface area (TPSA) is 66.4 Å². The van der Waals surface area contributed by atoms with Crippen LogP contribution in [-0.2, 0) is 9.59 Å². The van der Waals surface area contributed by atoms with Crippen molar-refractivity contribution in [3.63, 3.8) is 0 Å². The summed E-state index contributed by atoms with van der Waals surface area (Å²) in [6.07, 6.45) is 5.99. The molecule has 0 aromatic rings. The number of rotatable bonds is 6. The maximum atomic E-state index is 11.9. The summed E-state index contributed by atoms with van der Waals surface area (Å²) < 4.78 is 0. The summed E-state index contributed by atoms with van der Waals surface area (Å²) in [4.78, 5) is 22.9. The Morgan fingerprint density at radius 1 is 1.21 bits per heavy atom. The standard InChI is InChI=1S/C15H23NO3/c1-2-3-7-10-16-13(17)11-15(12-14(18)19)8-5-4-6-9-15/h4-12H2,1H3,(H,16,17)(H,18,19). The lowest BCUT2D eigenvalue weighted by Gasteiger charge is -2.35. The van der Waals surface area contributed by atoms with Crippen LogP contribution in [0.4, 0.5) is 0 Å². The van der Waals surface area contributed by atoms with E-state index in [0.717, 1.165) is 32.1 Å². The lowest BCUT2D eigenvalue weighted by Crippen LogP contribution is -2.35. The summed E-state index contributed by atoms with van der Waals surface area (Å²) >= 11 is 0. The van der Waals surface area contributed by atoms with Gasteiger partial charge in [0.25, 0.3) is 0 Å². The maximum absolute atomic E-state index is 11.9. The van der Waals surface area contributed by atoms with Crippen LogP contribution < -0.4 is 5.32 Å². The third-order valence-electron chi connectivity index (χ3n) is 3.72. The first-order chi connectivity index (χ1) is 9.08. The maximum Gasteiger partial charge on any atom is 0.303 e. The van der Waals surface area contributed by atoms with E-state index >= 15 is 0 Å². The van der Waals surface area contributed by atoms with Gasteiger partial charge >= 0.3 is 5.97 Å². The van der Waals surface area contributed by atoms with Gasteiger partial charge in [-0.2, -0.15) is 0 Å². The van der Waals surface area contributed by atoms with Crippen LogP contribution in [0.2, 0.25) is 0 Å². The van der Waals surface area contributed by atoms with Gasteiger partial charge in [0.1, 0.15) is 0 Å². The highest BCUT2D eigenvalue weighted by molar-refractivity contribution is 5.78. The molecule has 0 unspecified atom stereocenters. The number of aliphatic carboxylic acids is 1. The predicted octanol–water partition coefficient (Wildman–Crippen LogP) is 2.33. The molecule has 1 rings (SSSR count). The second kappa shape index (κ2) is 7.83. The van der Waals surface area contributed by atoms with Crippen molar-refractivity contribution in [1.82, 2.24) is 5.32 Å².